The normalized spacial score (nSPS) is 12.2. The Labute approximate surface area is 127 Å². The van der Waals surface area contributed by atoms with Gasteiger partial charge in [-0.3, -0.25) is 4.98 Å². The minimum atomic E-state index is 0.263. The summed E-state index contributed by atoms with van der Waals surface area (Å²) in [5.74, 6) is 0.952. The number of benzene rings is 1. The Balaban J connectivity index is 2.33. The van der Waals surface area contributed by atoms with Crippen molar-refractivity contribution in [2.75, 3.05) is 14.2 Å². The van der Waals surface area contributed by atoms with E-state index in [1.54, 1.807) is 7.11 Å². The van der Waals surface area contributed by atoms with E-state index in [9.17, 15) is 0 Å². The molecule has 3 nitrogen and oxygen atoms in total. The third kappa shape index (κ3) is 3.61. The smallest absolute Gasteiger partial charge is 0.122 e. The van der Waals surface area contributed by atoms with Gasteiger partial charge in [0.2, 0.25) is 0 Å². The van der Waals surface area contributed by atoms with Crippen LogP contribution in [0.3, 0.4) is 0 Å². The number of pyridine rings is 1. The van der Waals surface area contributed by atoms with E-state index in [4.69, 9.17) is 4.74 Å². The maximum absolute atomic E-state index is 5.50. The van der Waals surface area contributed by atoms with E-state index in [2.05, 4.69) is 42.3 Å². The monoisotopic (exact) mass is 284 g/mol. The van der Waals surface area contributed by atoms with Gasteiger partial charge in [-0.2, -0.15) is 0 Å². The number of hydrogen-bond donors (Lipinski definition) is 1. The Morgan fingerprint density at radius 3 is 2.71 bits per heavy atom. The van der Waals surface area contributed by atoms with E-state index in [-0.39, 0.29) is 6.04 Å². The molecule has 0 spiro atoms. The molecular formula is C18H24N2O. The second-order valence-electron chi connectivity index (χ2n) is 5.29. The highest BCUT2D eigenvalue weighted by molar-refractivity contribution is 5.39. The molecule has 0 amide bonds. The fourth-order valence-electron chi connectivity index (χ4n) is 2.73. The summed E-state index contributed by atoms with van der Waals surface area (Å²) >= 11 is 0. The highest BCUT2D eigenvalue weighted by atomic mass is 16.5. The SMILES string of the molecule is CCc1cnccc1C(Cc1cc(C)ccc1OC)NC. The number of nitrogens with zero attached hydrogens (tertiary/aromatic N) is 1. The van der Waals surface area contributed by atoms with Gasteiger partial charge in [-0.25, -0.2) is 0 Å². The summed E-state index contributed by atoms with van der Waals surface area (Å²) in [7, 11) is 3.74. The van der Waals surface area contributed by atoms with E-state index in [1.165, 1.54) is 22.3 Å². The van der Waals surface area contributed by atoms with Crippen molar-refractivity contribution in [3.63, 3.8) is 0 Å². The lowest BCUT2D eigenvalue weighted by Crippen LogP contribution is -2.20. The summed E-state index contributed by atoms with van der Waals surface area (Å²) in [6.07, 6.45) is 5.73. The molecule has 0 saturated heterocycles. The number of aromatic nitrogens is 1. The molecule has 0 bridgehead atoms. The molecule has 21 heavy (non-hydrogen) atoms. The van der Waals surface area contributed by atoms with Gasteiger partial charge in [0, 0.05) is 18.4 Å². The molecule has 112 valence electrons. The first-order valence-corrected chi connectivity index (χ1v) is 7.43. The molecule has 1 N–H and O–H groups in total. The summed E-state index contributed by atoms with van der Waals surface area (Å²) in [6.45, 7) is 4.28. The van der Waals surface area contributed by atoms with Crippen LogP contribution in [0.1, 0.15) is 35.2 Å². The third-order valence-electron chi connectivity index (χ3n) is 3.91. The molecule has 0 fully saturated rings. The van der Waals surface area contributed by atoms with Gasteiger partial charge < -0.3 is 10.1 Å². The van der Waals surface area contributed by atoms with Crippen molar-refractivity contribution < 1.29 is 4.74 Å². The molecule has 0 aliphatic heterocycles. The van der Waals surface area contributed by atoms with Crippen molar-refractivity contribution in [1.82, 2.24) is 10.3 Å². The van der Waals surface area contributed by atoms with Crippen molar-refractivity contribution in [2.24, 2.45) is 0 Å². The zero-order valence-electron chi connectivity index (χ0n) is 13.3. The van der Waals surface area contributed by atoms with Crippen molar-refractivity contribution >= 4 is 0 Å². The molecule has 0 aliphatic rings. The van der Waals surface area contributed by atoms with E-state index < -0.39 is 0 Å². The molecular weight excluding hydrogens is 260 g/mol. The van der Waals surface area contributed by atoms with Crippen LogP contribution < -0.4 is 10.1 Å². The molecule has 0 radical (unpaired) electrons. The first-order chi connectivity index (χ1) is 10.2. The van der Waals surface area contributed by atoms with Crippen LogP contribution in [0, 0.1) is 6.92 Å². The van der Waals surface area contributed by atoms with E-state index in [1.807, 2.05) is 25.5 Å². The maximum Gasteiger partial charge on any atom is 0.122 e. The minimum Gasteiger partial charge on any atom is -0.496 e. The van der Waals surface area contributed by atoms with Crippen molar-refractivity contribution in [2.45, 2.75) is 32.7 Å². The molecule has 1 unspecified atom stereocenters. The Bertz CT molecular complexity index is 596. The van der Waals surface area contributed by atoms with Crippen molar-refractivity contribution in [3.8, 4) is 5.75 Å². The molecule has 2 aromatic rings. The number of ether oxygens (including phenoxy) is 1. The standard InChI is InChI=1S/C18H24N2O/c1-5-14-12-20-9-8-16(14)17(19-3)11-15-10-13(2)6-7-18(15)21-4/h6-10,12,17,19H,5,11H2,1-4H3. The summed E-state index contributed by atoms with van der Waals surface area (Å²) in [5, 5.41) is 3.43. The zero-order chi connectivity index (χ0) is 15.2. The fraction of sp³-hybridized carbons (Fsp3) is 0.389. The third-order valence-corrected chi connectivity index (χ3v) is 3.91. The number of nitrogens with one attached hydrogen (secondary N) is 1. The van der Waals surface area contributed by atoms with Crippen LogP contribution in [-0.2, 0) is 12.8 Å². The first-order valence-electron chi connectivity index (χ1n) is 7.43. The lowest BCUT2D eigenvalue weighted by atomic mass is 9.94. The molecule has 1 aromatic heterocycles. The Kier molecular flexibility index (Phi) is 5.34. The molecule has 1 aromatic carbocycles. The predicted molar refractivity (Wildman–Crippen MR) is 86.9 cm³/mol. The van der Waals surface area contributed by atoms with Crippen LogP contribution in [0.2, 0.25) is 0 Å². The van der Waals surface area contributed by atoms with Crippen LogP contribution >= 0.6 is 0 Å². The number of hydrogen-bond acceptors (Lipinski definition) is 3. The van der Waals surface area contributed by atoms with Gasteiger partial charge in [0.25, 0.3) is 0 Å². The van der Waals surface area contributed by atoms with Gasteiger partial charge in [0.05, 0.1) is 7.11 Å². The van der Waals surface area contributed by atoms with E-state index >= 15 is 0 Å². The number of rotatable bonds is 6. The summed E-state index contributed by atoms with van der Waals surface area (Å²) in [4.78, 5) is 4.24. The molecule has 0 saturated carbocycles. The Morgan fingerprint density at radius 1 is 1.24 bits per heavy atom. The van der Waals surface area contributed by atoms with Crippen LogP contribution in [0.4, 0.5) is 0 Å². The molecule has 3 heteroatoms. The summed E-state index contributed by atoms with van der Waals surface area (Å²) in [6, 6.07) is 8.71. The van der Waals surface area contributed by atoms with Gasteiger partial charge in [0.1, 0.15) is 5.75 Å². The van der Waals surface area contributed by atoms with Crippen LogP contribution in [0.15, 0.2) is 36.7 Å². The lowest BCUT2D eigenvalue weighted by molar-refractivity contribution is 0.406. The first kappa shape index (κ1) is 15.5. The largest absolute Gasteiger partial charge is 0.496 e. The van der Waals surface area contributed by atoms with Crippen molar-refractivity contribution in [1.29, 1.82) is 0 Å². The number of aryl methyl sites for hydroxylation is 2. The maximum atomic E-state index is 5.50. The molecule has 1 heterocycles. The van der Waals surface area contributed by atoms with Crippen molar-refractivity contribution in [3.05, 3.63) is 58.9 Å². The topological polar surface area (TPSA) is 34.1 Å². The summed E-state index contributed by atoms with van der Waals surface area (Å²) < 4.78 is 5.50. The highest BCUT2D eigenvalue weighted by Gasteiger charge is 2.16. The van der Waals surface area contributed by atoms with Crippen LogP contribution in [-0.4, -0.2) is 19.1 Å². The van der Waals surface area contributed by atoms with Crippen LogP contribution in [0.5, 0.6) is 5.75 Å². The average Bonchev–Trinajstić information content (AvgIpc) is 2.52. The van der Waals surface area contributed by atoms with E-state index in [0.29, 0.717) is 0 Å². The van der Waals surface area contributed by atoms with Gasteiger partial charge in [-0.1, -0.05) is 24.6 Å². The molecule has 0 aliphatic carbocycles. The predicted octanol–water partition coefficient (Wildman–Crippen LogP) is 3.46. The second kappa shape index (κ2) is 7.23. The highest BCUT2D eigenvalue weighted by Crippen LogP contribution is 2.27. The van der Waals surface area contributed by atoms with Gasteiger partial charge >= 0.3 is 0 Å². The van der Waals surface area contributed by atoms with Gasteiger partial charge in [-0.05, 0) is 55.6 Å². The Hall–Kier alpha value is -1.87. The van der Waals surface area contributed by atoms with Gasteiger partial charge in [0.15, 0.2) is 0 Å². The lowest BCUT2D eigenvalue weighted by Gasteiger charge is -2.21. The number of methoxy groups -OCH3 is 1. The fourth-order valence-corrected chi connectivity index (χ4v) is 2.73. The summed E-state index contributed by atoms with van der Waals surface area (Å²) in [5.41, 5.74) is 5.10. The minimum absolute atomic E-state index is 0.263. The Morgan fingerprint density at radius 2 is 2.05 bits per heavy atom. The van der Waals surface area contributed by atoms with E-state index in [0.717, 1.165) is 18.6 Å². The quantitative estimate of drug-likeness (QED) is 0.882. The average molecular weight is 284 g/mol. The van der Waals surface area contributed by atoms with Gasteiger partial charge in [-0.15, -0.1) is 0 Å². The second-order valence-corrected chi connectivity index (χ2v) is 5.29. The van der Waals surface area contributed by atoms with Crippen LogP contribution in [0.25, 0.3) is 0 Å². The molecule has 2 rings (SSSR count). The molecule has 1 atom stereocenters. The number of likely N-dealkylation sites (N-methyl/N-ethyl adjacent to an activating group) is 1. The zero-order valence-corrected chi connectivity index (χ0v) is 13.3.